The lowest BCUT2D eigenvalue weighted by molar-refractivity contribution is -0.131. The van der Waals surface area contributed by atoms with E-state index in [2.05, 4.69) is 47.2 Å². The van der Waals surface area contributed by atoms with E-state index >= 15 is 0 Å². The Labute approximate surface area is 182 Å². The third-order valence-electron chi connectivity index (χ3n) is 5.05. The minimum atomic E-state index is 0.102. The smallest absolute Gasteiger partial charge is 0.233 e. The first kappa shape index (κ1) is 22.0. The predicted octanol–water partition coefficient (Wildman–Crippen LogP) is 4.68. The first-order valence-electron chi connectivity index (χ1n) is 10.2. The minimum Gasteiger partial charge on any atom is -0.337 e. The number of rotatable bonds is 7. The van der Waals surface area contributed by atoms with Crippen molar-refractivity contribution >= 4 is 17.7 Å². The van der Waals surface area contributed by atoms with E-state index in [1.165, 1.54) is 22.9 Å². The van der Waals surface area contributed by atoms with E-state index in [-0.39, 0.29) is 18.0 Å². The lowest BCUT2D eigenvalue weighted by Gasteiger charge is -2.30. The molecule has 0 saturated heterocycles. The molecule has 0 spiro atoms. The number of carbonyl (C=O) groups is 1. The van der Waals surface area contributed by atoms with Gasteiger partial charge in [0.15, 0.2) is 11.0 Å². The van der Waals surface area contributed by atoms with Crippen LogP contribution < -0.4 is 0 Å². The molecule has 3 aromatic rings. The molecule has 0 bridgehead atoms. The Balaban J connectivity index is 1.98. The van der Waals surface area contributed by atoms with Crippen molar-refractivity contribution in [1.29, 1.82) is 0 Å². The van der Waals surface area contributed by atoms with Crippen molar-refractivity contribution in [2.24, 2.45) is 0 Å². The van der Waals surface area contributed by atoms with Gasteiger partial charge in [0.25, 0.3) is 0 Å². The Kier molecular flexibility index (Phi) is 6.92. The molecule has 3 rings (SSSR count). The topological polar surface area (TPSA) is 63.9 Å². The second kappa shape index (κ2) is 9.43. The van der Waals surface area contributed by atoms with Crippen LogP contribution in [-0.4, -0.2) is 48.4 Å². The summed E-state index contributed by atoms with van der Waals surface area (Å²) < 4.78 is 2.02. The summed E-state index contributed by atoms with van der Waals surface area (Å²) in [4.78, 5) is 18.9. The van der Waals surface area contributed by atoms with Crippen LogP contribution >= 0.6 is 11.8 Å². The van der Waals surface area contributed by atoms with Crippen LogP contribution in [-0.2, 0) is 4.79 Å². The van der Waals surface area contributed by atoms with E-state index in [0.29, 0.717) is 10.9 Å². The van der Waals surface area contributed by atoms with Crippen LogP contribution in [0.3, 0.4) is 0 Å². The molecule has 158 valence electrons. The molecule has 1 amide bonds. The number of carbonyl (C=O) groups excluding carboxylic acids is 1. The maximum absolute atomic E-state index is 12.9. The highest BCUT2D eigenvalue weighted by Gasteiger charge is 2.22. The van der Waals surface area contributed by atoms with Crippen LogP contribution in [0.5, 0.6) is 0 Å². The first-order chi connectivity index (χ1) is 14.3. The Morgan fingerprint density at radius 3 is 2.27 bits per heavy atom. The van der Waals surface area contributed by atoms with E-state index < -0.39 is 0 Å². The molecule has 0 aliphatic heterocycles. The molecule has 0 N–H and O–H groups in total. The lowest BCUT2D eigenvalue weighted by Crippen LogP contribution is -2.43. The van der Waals surface area contributed by atoms with Gasteiger partial charge in [-0.25, -0.2) is 0 Å². The van der Waals surface area contributed by atoms with Crippen molar-refractivity contribution in [3.8, 4) is 17.1 Å². The Morgan fingerprint density at radius 2 is 1.67 bits per heavy atom. The number of nitrogens with zero attached hydrogens (tertiary/aromatic N) is 5. The van der Waals surface area contributed by atoms with Gasteiger partial charge in [-0.1, -0.05) is 17.8 Å². The summed E-state index contributed by atoms with van der Waals surface area (Å²) in [6.45, 7) is 12.4. The summed E-state index contributed by atoms with van der Waals surface area (Å²) in [6, 6.07) is 10.4. The van der Waals surface area contributed by atoms with Crippen molar-refractivity contribution in [3.63, 3.8) is 0 Å². The van der Waals surface area contributed by atoms with Gasteiger partial charge in [0.05, 0.1) is 11.4 Å². The average Bonchev–Trinajstić information content (AvgIpc) is 3.12. The molecule has 2 aromatic heterocycles. The summed E-state index contributed by atoms with van der Waals surface area (Å²) in [5.74, 6) is 1.15. The van der Waals surface area contributed by atoms with Crippen molar-refractivity contribution in [2.45, 2.75) is 58.8 Å². The fraction of sp³-hybridized carbons (Fsp3) is 0.391. The fourth-order valence-electron chi connectivity index (χ4n) is 3.52. The molecular weight excluding hydrogens is 394 g/mol. The molecule has 7 heteroatoms. The Morgan fingerprint density at radius 1 is 1.00 bits per heavy atom. The molecule has 0 atom stereocenters. The van der Waals surface area contributed by atoms with Crippen molar-refractivity contribution < 1.29 is 4.79 Å². The Bertz CT molecular complexity index is 1010. The third-order valence-corrected chi connectivity index (χ3v) is 5.96. The summed E-state index contributed by atoms with van der Waals surface area (Å²) >= 11 is 1.42. The molecule has 2 heterocycles. The van der Waals surface area contributed by atoms with Crippen LogP contribution in [0.25, 0.3) is 17.1 Å². The molecule has 1 aromatic carbocycles. The Hall–Kier alpha value is -2.67. The second-order valence-corrected chi connectivity index (χ2v) is 8.87. The molecule has 0 aliphatic rings. The average molecular weight is 424 g/mol. The number of hydrogen-bond donors (Lipinski definition) is 0. The SMILES string of the molecule is Cc1ccc(-n2c(SCC(=O)N(C(C)C)C(C)C)nnc2-c2ccncc2)cc1C. The lowest BCUT2D eigenvalue weighted by atomic mass is 10.1. The fourth-order valence-corrected chi connectivity index (χ4v) is 4.34. The standard InChI is InChI=1S/C23H29N5OS/c1-15(2)27(16(3)4)21(29)14-30-23-26-25-22(19-9-11-24-12-10-19)28(23)20-8-7-17(5)18(6)13-20/h7-13,15-16H,14H2,1-6H3. The van der Waals surface area contributed by atoms with Crippen LogP contribution in [0.1, 0.15) is 38.8 Å². The second-order valence-electron chi connectivity index (χ2n) is 7.92. The van der Waals surface area contributed by atoms with Crippen LogP contribution in [0, 0.1) is 13.8 Å². The van der Waals surface area contributed by atoms with E-state index in [1.54, 1.807) is 12.4 Å². The zero-order valence-electron chi connectivity index (χ0n) is 18.5. The van der Waals surface area contributed by atoms with E-state index in [9.17, 15) is 4.79 Å². The van der Waals surface area contributed by atoms with Gasteiger partial charge in [-0.2, -0.15) is 0 Å². The summed E-state index contributed by atoms with van der Waals surface area (Å²) in [7, 11) is 0. The van der Waals surface area contributed by atoms with Gasteiger partial charge in [0, 0.05) is 30.0 Å². The molecule has 30 heavy (non-hydrogen) atoms. The zero-order valence-corrected chi connectivity index (χ0v) is 19.3. The van der Waals surface area contributed by atoms with Crippen LogP contribution in [0.15, 0.2) is 47.9 Å². The van der Waals surface area contributed by atoms with Crippen LogP contribution in [0.2, 0.25) is 0 Å². The summed E-state index contributed by atoms with van der Waals surface area (Å²) in [5.41, 5.74) is 4.33. The van der Waals surface area contributed by atoms with E-state index in [1.807, 2.05) is 49.3 Å². The molecule has 6 nitrogen and oxygen atoms in total. The summed E-state index contributed by atoms with van der Waals surface area (Å²) in [6.07, 6.45) is 3.49. The maximum Gasteiger partial charge on any atom is 0.233 e. The van der Waals surface area contributed by atoms with Gasteiger partial charge in [-0.05, 0) is 76.9 Å². The minimum absolute atomic E-state index is 0.102. The quantitative estimate of drug-likeness (QED) is 0.516. The van der Waals surface area contributed by atoms with Gasteiger partial charge >= 0.3 is 0 Å². The van der Waals surface area contributed by atoms with Gasteiger partial charge in [0.1, 0.15) is 0 Å². The van der Waals surface area contributed by atoms with Gasteiger partial charge in [0.2, 0.25) is 5.91 Å². The normalized spacial score (nSPS) is 11.3. The van der Waals surface area contributed by atoms with Crippen molar-refractivity contribution in [2.75, 3.05) is 5.75 Å². The van der Waals surface area contributed by atoms with Gasteiger partial charge in [-0.15, -0.1) is 10.2 Å². The molecule has 0 aliphatic carbocycles. The number of aromatic nitrogens is 4. The van der Waals surface area contributed by atoms with Crippen LogP contribution in [0.4, 0.5) is 0 Å². The van der Waals surface area contributed by atoms with E-state index in [4.69, 9.17) is 0 Å². The van der Waals surface area contributed by atoms with Crippen molar-refractivity contribution in [3.05, 3.63) is 53.9 Å². The van der Waals surface area contributed by atoms with Gasteiger partial charge in [-0.3, -0.25) is 14.3 Å². The highest BCUT2D eigenvalue weighted by Crippen LogP contribution is 2.29. The van der Waals surface area contributed by atoms with E-state index in [0.717, 1.165) is 17.1 Å². The number of pyridine rings is 1. The largest absolute Gasteiger partial charge is 0.337 e. The summed E-state index contributed by atoms with van der Waals surface area (Å²) in [5, 5.41) is 9.57. The number of benzene rings is 1. The number of hydrogen-bond acceptors (Lipinski definition) is 5. The van der Waals surface area contributed by atoms with Crippen molar-refractivity contribution in [1.82, 2.24) is 24.6 Å². The zero-order chi connectivity index (χ0) is 21.8. The maximum atomic E-state index is 12.9. The van der Waals surface area contributed by atoms with Gasteiger partial charge < -0.3 is 4.90 Å². The molecule has 0 saturated carbocycles. The first-order valence-corrected chi connectivity index (χ1v) is 11.2. The third kappa shape index (κ3) is 4.73. The number of thioether (sulfide) groups is 1. The molecule has 0 unspecified atom stereocenters. The number of amides is 1. The highest BCUT2D eigenvalue weighted by molar-refractivity contribution is 7.99. The molecular formula is C23H29N5OS. The molecule has 0 fully saturated rings. The predicted molar refractivity (Wildman–Crippen MR) is 122 cm³/mol. The monoisotopic (exact) mass is 423 g/mol. The highest BCUT2D eigenvalue weighted by atomic mass is 32.2. The number of aryl methyl sites for hydroxylation is 2. The molecule has 0 radical (unpaired) electrons.